The molecule has 3 heterocycles. The number of aromatic nitrogens is 3. The summed E-state index contributed by atoms with van der Waals surface area (Å²) in [7, 11) is 0. The Bertz CT molecular complexity index is 1500. The third-order valence-electron chi connectivity index (χ3n) is 6.03. The molecule has 1 amide bonds. The minimum absolute atomic E-state index is 0.137. The lowest BCUT2D eigenvalue weighted by atomic mass is 10.2. The molecule has 3 aromatic heterocycles. The summed E-state index contributed by atoms with van der Waals surface area (Å²) in [6, 6.07) is 26.8. The smallest absolute Gasteiger partial charge is 0.274 e. The lowest BCUT2D eigenvalue weighted by Crippen LogP contribution is -2.33. The summed E-state index contributed by atoms with van der Waals surface area (Å²) in [4.78, 5) is 33.9. The van der Waals surface area contributed by atoms with E-state index in [1.807, 2.05) is 71.3 Å². The molecule has 0 unspecified atom stereocenters. The number of anilines is 1. The number of nitrogens with zero attached hydrogens (tertiary/aromatic N) is 4. The third-order valence-corrected chi connectivity index (χ3v) is 6.03. The molecule has 34 heavy (non-hydrogen) atoms. The Labute approximate surface area is 197 Å². The number of rotatable bonds is 7. The van der Waals surface area contributed by atoms with Crippen LogP contribution in [0.15, 0.2) is 95.9 Å². The lowest BCUT2D eigenvalue weighted by molar-refractivity contribution is 0.0978. The Kier molecular flexibility index (Phi) is 5.95. The summed E-state index contributed by atoms with van der Waals surface area (Å²) < 4.78 is 3.40. The van der Waals surface area contributed by atoms with Crippen molar-refractivity contribution < 1.29 is 4.79 Å². The van der Waals surface area contributed by atoms with Gasteiger partial charge in [0.25, 0.3) is 11.5 Å². The van der Waals surface area contributed by atoms with Crippen LogP contribution in [0.2, 0.25) is 0 Å². The molecule has 0 aliphatic rings. The van der Waals surface area contributed by atoms with Crippen molar-refractivity contribution in [2.24, 2.45) is 0 Å². The molecule has 0 saturated carbocycles. The van der Waals surface area contributed by atoms with Gasteiger partial charge in [0.05, 0.1) is 5.39 Å². The number of pyridine rings is 1. The van der Waals surface area contributed by atoms with E-state index in [9.17, 15) is 9.59 Å². The fourth-order valence-electron chi connectivity index (χ4n) is 4.27. The molecule has 6 nitrogen and oxygen atoms in total. The molecule has 170 valence electrons. The Balaban J connectivity index is 1.72. The van der Waals surface area contributed by atoms with Gasteiger partial charge in [-0.25, -0.2) is 4.98 Å². The summed E-state index contributed by atoms with van der Waals surface area (Å²) >= 11 is 0. The average molecular weight is 451 g/mol. The van der Waals surface area contributed by atoms with Crippen LogP contribution < -0.4 is 10.5 Å². The van der Waals surface area contributed by atoms with E-state index in [2.05, 4.69) is 6.92 Å². The van der Waals surface area contributed by atoms with Crippen molar-refractivity contribution in [3.8, 4) is 0 Å². The molecule has 5 aromatic rings. The SMILES string of the molecule is CCCCN(C(=O)c1cc2c(=O)n3ccccc3nc2n1Cc1ccccc1)c1ccccc1. The number of carbonyl (C=O) groups is 1. The molecule has 6 heteroatoms. The quantitative estimate of drug-likeness (QED) is 0.345. The van der Waals surface area contributed by atoms with Crippen molar-refractivity contribution >= 4 is 28.3 Å². The first kappa shape index (κ1) is 21.6. The summed E-state index contributed by atoms with van der Waals surface area (Å²) in [5.41, 5.74) is 3.22. The first-order valence-corrected chi connectivity index (χ1v) is 11.6. The molecule has 0 atom stereocenters. The Morgan fingerprint density at radius 2 is 1.65 bits per heavy atom. The van der Waals surface area contributed by atoms with Gasteiger partial charge in [0, 0.05) is 25.0 Å². The van der Waals surface area contributed by atoms with Gasteiger partial charge in [-0.3, -0.25) is 14.0 Å². The Morgan fingerprint density at radius 3 is 2.38 bits per heavy atom. The van der Waals surface area contributed by atoms with Gasteiger partial charge in [-0.15, -0.1) is 0 Å². The number of hydrogen-bond donors (Lipinski definition) is 0. The fraction of sp³-hybridized carbons (Fsp3) is 0.179. The summed E-state index contributed by atoms with van der Waals surface area (Å²) in [5.74, 6) is -0.137. The van der Waals surface area contributed by atoms with Crippen LogP contribution in [0.25, 0.3) is 16.7 Å². The molecular weight excluding hydrogens is 424 g/mol. The van der Waals surface area contributed by atoms with E-state index in [4.69, 9.17) is 4.98 Å². The van der Waals surface area contributed by atoms with Crippen LogP contribution in [0.1, 0.15) is 35.8 Å². The highest BCUT2D eigenvalue weighted by atomic mass is 16.2. The number of para-hydroxylation sites is 1. The zero-order valence-electron chi connectivity index (χ0n) is 19.1. The highest BCUT2D eigenvalue weighted by Crippen LogP contribution is 2.23. The van der Waals surface area contributed by atoms with Gasteiger partial charge in [-0.2, -0.15) is 0 Å². The van der Waals surface area contributed by atoms with E-state index < -0.39 is 0 Å². The predicted molar refractivity (Wildman–Crippen MR) is 136 cm³/mol. The van der Waals surface area contributed by atoms with Gasteiger partial charge in [-0.1, -0.05) is 67.9 Å². The van der Waals surface area contributed by atoms with E-state index >= 15 is 0 Å². The number of unbranched alkanes of at least 4 members (excludes halogenated alkanes) is 1. The average Bonchev–Trinajstić information content (AvgIpc) is 3.24. The zero-order valence-corrected chi connectivity index (χ0v) is 19.1. The largest absolute Gasteiger partial charge is 0.316 e. The van der Waals surface area contributed by atoms with Crippen LogP contribution in [-0.4, -0.2) is 26.4 Å². The maximum absolute atomic E-state index is 14.0. The second-order valence-electron chi connectivity index (χ2n) is 8.33. The first-order valence-electron chi connectivity index (χ1n) is 11.6. The Morgan fingerprint density at radius 1 is 0.941 bits per heavy atom. The topological polar surface area (TPSA) is 59.6 Å². The van der Waals surface area contributed by atoms with Gasteiger partial charge < -0.3 is 9.47 Å². The highest BCUT2D eigenvalue weighted by Gasteiger charge is 2.25. The molecule has 5 rings (SSSR count). The van der Waals surface area contributed by atoms with E-state index in [0.29, 0.717) is 35.5 Å². The number of hydrogen-bond acceptors (Lipinski definition) is 3. The number of benzene rings is 2. The van der Waals surface area contributed by atoms with Crippen LogP contribution in [0.4, 0.5) is 5.69 Å². The molecular formula is C28H26N4O2. The van der Waals surface area contributed by atoms with E-state index in [0.717, 1.165) is 24.1 Å². The van der Waals surface area contributed by atoms with Crippen molar-refractivity contribution in [3.05, 3.63) is 113 Å². The van der Waals surface area contributed by atoms with Crippen LogP contribution in [0, 0.1) is 0 Å². The minimum atomic E-state index is -0.179. The second-order valence-corrected chi connectivity index (χ2v) is 8.33. The molecule has 0 aliphatic carbocycles. The van der Waals surface area contributed by atoms with Crippen molar-refractivity contribution in [2.75, 3.05) is 11.4 Å². The molecule has 0 saturated heterocycles. The van der Waals surface area contributed by atoms with Crippen LogP contribution in [0.5, 0.6) is 0 Å². The van der Waals surface area contributed by atoms with Gasteiger partial charge in [0.1, 0.15) is 17.0 Å². The van der Waals surface area contributed by atoms with Crippen molar-refractivity contribution in [1.29, 1.82) is 0 Å². The van der Waals surface area contributed by atoms with E-state index in [-0.39, 0.29) is 11.5 Å². The van der Waals surface area contributed by atoms with Crippen LogP contribution >= 0.6 is 0 Å². The zero-order chi connectivity index (χ0) is 23.5. The number of fused-ring (bicyclic) bond motifs is 2. The highest BCUT2D eigenvalue weighted by molar-refractivity contribution is 6.07. The van der Waals surface area contributed by atoms with Gasteiger partial charge in [-0.05, 0) is 42.3 Å². The number of carbonyl (C=O) groups excluding carboxylic acids is 1. The van der Waals surface area contributed by atoms with Gasteiger partial charge in [0.15, 0.2) is 0 Å². The minimum Gasteiger partial charge on any atom is -0.316 e. The maximum Gasteiger partial charge on any atom is 0.274 e. The van der Waals surface area contributed by atoms with Crippen LogP contribution in [0.3, 0.4) is 0 Å². The normalized spacial score (nSPS) is 11.2. The lowest BCUT2D eigenvalue weighted by Gasteiger charge is -2.23. The van der Waals surface area contributed by atoms with Gasteiger partial charge >= 0.3 is 0 Å². The third kappa shape index (κ3) is 3.99. The second kappa shape index (κ2) is 9.35. The monoisotopic (exact) mass is 450 g/mol. The van der Waals surface area contributed by atoms with Crippen molar-refractivity contribution in [3.63, 3.8) is 0 Å². The maximum atomic E-state index is 14.0. The molecule has 0 spiro atoms. The fourth-order valence-corrected chi connectivity index (χ4v) is 4.27. The standard InChI is InChI=1S/C28H26N4O2/c1-2-3-17-30(22-14-8-5-9-15-22)28(34)24-19-23-26(32(24)20-21-12-6-4-7-13-21)29-25-16-10-11-18-31(25)27(23)33/h4-16,18-19H,2-3,17,20H2,1H3. The Hall–Kier alpha value is -4.19. The summed E-state index contributed by atoms with van der Waals surface area (Å²) in [5, 5.41) is 0.437. The summed E-state index contributed by atoms with van der Waals surface area (Å²) in [6.45, 7) is 3.15. The molecule has 0 radical (unpaired) electrons. The molecule has 0 fully saturated rings. The summed E-state index contributed by atoms with van der Waals surface area (Å²) in [6.07, 6.45) is 3.56. The molecule has 0 N–H and O–H groups in total. The van der Waals surface area contributed by atoms with Crippen molar-refractivity contribution in [1.82, 2.24) is 14.0 Å². The van der Waals surface area contributed by atoms with Crippen molar-refractivity contribution in [2.45, 2.75) is 26.3 Å². The predicted octanol–water partition coefficient (Wildman–Crippen LogP) is 5.14. The first-order chi connectivity index (χ1) is 16.7. The van der Waals surface area contributed by atoms with Crippen LogP contribution in [-0.2, 0) is 6.54 Å². The van der Waals surface area contributed by atoms with Gasteiger partial charge in [0.2, 0.25) is 0 Å². The number of amides is 1. The molecule has 0 aliphatic heterocycles. The molecule has 0 bridgehead atoms. The molecule has 2 aromatic carbocycles. The van der Waals surface area contributed by atoms with E-state index in [1.165, 1.54) is 4.40 Å². The van der Waals surface area contributed by atoms with E-state index in [1.54, 1.807) is 29.3 Å².